The van der Waals surface area contributed by atoms with E-state index in [1.165, 1.54) is 6.42 Å². The Morgan fingerprint density at radius 3 is 2.39 bits per heavy atom. The third-order valence-corrected chi connectivity index (χ3v) is 4.30. The number of hydrogen-bond donors (Lipinski definition) is 1. The average Bonchev–Trinajstić information content (AvgIpc) is 2.59. The molecule has 0 saturated carbocycles. The molecule has 0 spiro atoms. The summed E-state index contributed by atoms with van der Waals surface area (Å²) in [5.41, 5.74) is 5.97. The first-order valence-electron chi connectivity index (χ1n) is 8.43. The molecule has 1 fully saturated rings. The van der Waals surface area contributed by atoms with Crippen molar-refractivity contribution in [2.45, 2.75) is 39.0 Å². The number of primary amides is 1. The molecule has 0 unspecified atom stereocenters. The normalized spacial score (nSPS) is 15.4. The predicted molar refractivity (Wildman–Crippen MR) is 89.3 cm³/mol. The molecule has 1 saturated heterocycles. The van der Waals surface area contributed by atoms with Gasteiger partial charge in [0.2, 0.25) is 5.91 Å². The summed E-state index contributed by atoms with van der Waals surface area (Å²) in [5.74, 6) is 0.440. The zero-order valence-corrected chi connectivity index (χ0v) is 13.8. The Bertz CT molecular complexity index is 520. The van der Waals surface area contributed by atoms with E-state index in [9.17, 15) is 9.59 Å². The van der Waals surface area contributed by atoms with Crippen LogP contribution in [-0.2, 0) is 4.79 Å². The Labute approximate surface area is 137 Å². The summed E-state index contributed by atoms with van der Waals surface area (Å²) in [6, 6.07) is 7.29. The number of carbonyl (C=O) groups is 2. The molecule has 1 aromatic rings. The number of likely N-dealkylation sites (tertiary alicyclic amines) is 1. The number of nitrogens with zero attached hydrogens (tertiary/aromatic N) is 1. The van der Waals surface area contributed by atoms with E-state index in [0.717, 1.165) is 18.6 Å². The van der Waals surface area contributed by atoms with Gasteiger partial charge in [0.05, 0.1) is 6.61 Å². The summed E-state index contributed by atoms with van der Waals surface area (Å²) in [4.78, 5) is 25.4. The molecule has 5 heteroatoms. The number of hydrogen-bond acceptors (Lipinski definition) is 3. The van der Waals surface area contributed by atoms with Crippen LogP contribution in [0.4, 0.5) is 0 Å². The minimum atomic E-state index is -0.262. The number of ether oxygens (including phenoxy) is 1. The van der Waals surface area contributed by atoms with Crippen LogP contribution >= 0.6 is 0 Å². The molecule has 0 aliphatic carbocycles. The molecule has 1 heterocycles. The lowest BCUT2D eigenvalue weighted by atomic mass is 9.96. The van der Waals surface area contributed by atoms with Gasteiger partial charge in [0.1, 0.15) is 5.75 Å². The highest BCUT2D eigenvalue weighted by Crippen LogP contribution is 2.20. The van der Waals surface area contributed by atoms with E-state index in [0.29, 0.717) is 38.1 Å². The minimum Gasteiger partial charge on any atom is -0.494 e. The van der Waals surface area contributed by atoms with Crippen molar-refractivity contribution in [2.24, 2.45) is 11.7 Å². The number of rotatable bonds is 7. The van der Waals surface area contributed by atoms with Gasteiger partial charge in [0.25, 0.3) is 5.91 Å². The van der Waals surface area contributed by atoms with Crippen molar-refractivity contribution < 1.29 is 14.3 Å². The molecule has 0 bridgehead atoms. The third kappa shape index (κ3) is 4.98. The van der Waals surface area contributed by atoms with Crippen molar-refractivity contribution in [3.8, 4) is 5.75 Å². The third-order valence-electron chi connectivity index (χ3n) is 4.30. The number of amides is 2. The molecule has 1 aliphatic rings. The van der Waals surface area contributed by atoms with Crippen LogP contribution < -0.4 is 10.5 Å². The lowest BCUT2D eigenvalue weighted by molar-refractivity contribution is -0.123. The molecular formula is C18H26N2O3. The number of piperidine rings is 1. The van der Waals surface area contributed by atoms with Gasteiger partial charge in [-0.3, -0.25) is 9.59 Å². The first kappa shape index (κ1) is 17.3. The topological polar surface area (TPSA) is 72.6 Å². The van der Waals surface area contributed by atoms with Crippen molar-refractivity contribution in [1.29, 1.82) is 0 Å². The second-order valence-corrected chi connectivity index (χ2v) is 6.05. The van der Waals surface area contributed by atoms with Crippen LogP contribution in [0.2, 0.25) is 0 Å². The molecule has 2 amide bonds. The summed E-state index contributed by atoms with van der Waals surface area (Å²) < 4.78 is 5.65. The van der Waals surface area contributed by atoms with Crippen LogP contribution in [0.25, 0.3) is 0 Å². The van der Waals surface area contributed by atoms with E-state index in [-0.39, 0.29) is 17.7 Å². The van der Waals surface area contributed by atoms with Gasteiger partial charge in [-0.1, -0.05) is 19.8 Å². The Hall–Kier alpha value is -2.04. The average molecular weight is 318 g/mol. The van der Waals surface area contributed by atoms with E-state index >= 15 is 0 Å². The smallest absolute Gasteiger partial charge is 0.253 e. The molecule has 1 aromatic carbocycles. The molecule has 23 heavy (non-hydrogen) atoms. The van der Waals surface area contributed by atoms with Gasteiger partial charge >= 0.3 is 0 Å². The van der Waals surface area contributed by atoms with E-state index < -0.39 is 0 Å². The van der Waals surface area contributed by atoms with Crippen LogP contribution in [0.5, 0.6) is 5.75 Å². The van der Waals surface area contributed by atoms with Crippen LogP contribution in [0.3, 0.4) is 0 Å². The lowest BCUT2D eigenvalue weighted by Gasteiger charge is -2.30. The largest absolute Gasteiger partial charge is 0.494 e. The van der Waals surface area contributed by atoms with Gasteiger partial charge in [-0.2, -0.15) is 0 Å². The molecule has 2 N–H and O–H groups in total. The molecule has 5 nitrogen and oxygen atoms in total. The fourth-order valence-corrected chi connectivity index (χ4v) is 2.79. The zero-order valence-electron chi connectivity index (χ0n) is 13.8. The second kappa shape index (κ2) is 8.56. The number of carbonyl (C=O) groups excluding carboxylic acids is 2. The highest BCUT2D eigenvalue weighted by molar-refractivity contribution is 5.94. The predicted octanol–water partition coefficient (Wildman–Crippen LogP) is 2.59. The molecule has 2 rings (SSSR count). The first-order chi connectivity index (χ1) is 11.1. The van der Waals surface area contributed by atoms with Crippen LogP contribution in [0.15, 0.2) is 24.3 Å². The fraction of sp³-hybridized carbons (Fsp3) is 0.556. The lowest BCUT2D eigenvalue weighted by Crippen LogP contribution is -2.41. The summed E-state index contributed by atoms with van der Waals surface area (Å²) in [6.45, 7) is 4.04. The zero-order chi connectivity index (χ0) is 16.7. The molecule has 0 atom stereocenters. The standard InChI is InChI=1S/C18H26N2O3/c1-2-3-4-13-23-16-7-5-15(6-8-16)18(22)20-11-9-14(10-12-20)17(19)21/h5-8,14H,2-4,9-13H2,1H3,(H2,19,21). The van der Waals surface area contributed by atoms with Crippen LogP contribution in [0, 0.1) is 5.92 Å². The van der Waals surface area contributed by atoms with Gasteiger partial charge in [-0.25, -0.2) is 0 Å². The van der Waals surface area contributed by atoms with E-state index in [2.05, 4.69) is 6.92 Å². The molecule has 0 radical (unpaired) electrons. The summed E-state index contributed by atoms with van der Waals surface area (Å²) in [6.07, 6.45) is 4.69. The fourth-order valence-electron chi connectivity index (χ4n) is 2.79. The maximum atomic E-state index is 12.5. The van der Waals surface area contributed by atoms with Gasteiger partial charge in [0.15, 0.2) is 0 Å². The maximum Gasteiger partial charge on any atom is 0.253 e. The van der Waals surface area contributed by atoms with Crippen LogP contribution in [-0.4, -0.2) is 36.4 Å². The number of benzene rings is 1. The van der Waals surface area contributed by atoms with Gasteiger partial charge in [-0.05, 0) is 43.5 Å². The van der Waals surface area contributed by atoms with E-state index in [1.54, 1.807) is 17.0 Å². The van der Waals surface area contributed by atoms with Crippen molar-refractivity contribution in [1.82, 2.24) is 4.90 Å². The first-order valence-corrected chi connectivity index (χ1v) is 8.43. The number of nitrogens with two attached hydrogens (primary N) is 1. The highest BCUT2D eigenvalue weighted by Gasteiger charge is 2.26. The van der Waals surface area contributed by atoms with E-state index in [4.69, 9.17) is 10.5 Å². The highest BCUT2D eigenvalue weighted by atomic mass is 16.5. The summed E-state index contributed by atoms with van der Waals surface area (Å²) in [5, 5.41) is 0. The van der Waals surface area contributed by atoms with Crippen LogP contribution in [0.1, 0.15) is 49.4 Å². The van der Waals surface area contributed by atoms with Crippen molar-refractivity contribution in [3.05, 3.63) is 29.8 Å². The van der Waals surface area contributed by atoms with Gasteiger partial charge in [0, 0.05) is 24.6 Å². The SMILES string of the molecule is CCCCCOc1ccc(C(=O)N2CCC(C(N)=O)CC2)cc1. The van der Waals surface area contributed by atoms with Gasteiger partial charge < -0.3 is 15.4 Å². The molecule has 1 aliphatic heterocycles. The van der Waals surface area contributed by atoms with E-state index in [1.807, 2.05) is 12.1 Å². The monoisotopic (exact) mass is 318 g/mol. The summed E-state index contributed by atoms with van der Waals surface area (Å²) >= 11 is 0. The molecule has 126 valence electrons. The van der Waals surface area contributed by atoms with Crippen molar-refractivity contribution in [3.63, 3.8) is 0 Å². The molecular weight excluding hydrogens is 292 g/mol. The van der Waals surface area contributed by atoms with Crippen molar-refractivity contribution in [2.75, 3.05) is 19.7 Å². The Balaban J connectivity index is 1.84. The quantitative estimate of drug-likeness (QED) is 0.785. The Morgan fingerprint density at radius 1 is 1.17 bits per heavy atom. The van der Waals surface area contributed by atoms with Crippen molar-refractivity contribution >= 4 is 11.8 Å². The Morgan fingerprint density at radius 2 is 1.83 bits per heavy atom. The molecule has 0 aromatic heterocycles. The Kier molecular flexibility index (Phi) is 6.44. The van der Waals surface area contributed by atoms with Gasteiger partial charge in [-0.15, -0.1) is 0 Å². The second-order valence-electron chi connectivity index (χ2n) is 6.05. The maximum absolute atomic E-state index is 12.5. The summed E-state index contributed by atoms with van der Waals surface area (Å²) in [7, 11) is 0. The minimum absolute atomic E-state index is 0.00505. The number of unbranched alkanes of at least 4 members (excludes halogenated alkanes) is 2.